The summed E-state index contributed by atoms with van der Waals surface area (Å²) in [5.41, 5.74) is 2.22. The van der Waals surface area contributed by atoms with Crippen LogP contribution >= 0.6 is 0 Å². The standard InChI is InChI=1S/C19H30N2/c1-18-11-4-3-5-13(18)6-7-14-15-8-9-17(21-20)19(15,2)12-10-16(14)18/h3-4,13-16H,5-12,20H2,1-2H3/t13?,14-,15-,16+,18-,19-/m0/s1. The Bertz CT molecular complexity index is 494. The van der Waals surface area contributed by atoms with E-state index >= 15 is 0 Å². The Morgan fingerprint density at radius 1 is 1.10 bits per heavy atom. The third kappa shape index (κ3) is 1.74. The molecule has 2 N–H and O–H groups in total. The van der Waals surface area contributed by atoms with Crippen molar-refractivity contribution in [3.8, 4) is 0 Å². The first kappa shape index (κ1) is 13.8. The molecular weight excluding hydrogens is 256 g/mol. The highest BCUT2D eigenvalue weighted by atomic mass is 15.1. The summed E-state index contributed by atoms with van der Waals surface area (Å²) in [4.78, 5) is 0. The molecule has 2 heteroatoms. The third-order valence-corrected chi connectivity index (χ3v) is 8.11. The van der Waals surface area contributed by atoms with Crippen LogP contribution in [-0.4, -0.2) is 5.71 Å². The molecule has 21 heavy (non-hydrogen) atoms. The van der Waals surface area contributed by atoms with E-state index in [4.69, 9.17) is 5.84 Å². The van der Waals surface area contributed by atoms with E-state index in [0.717, 1.165) is 30.1 Å². The van der Waals surface area contributed by atoms with Gasteiger partial charge in [0.15, 0.2) is 0 Å². The summed E-state index contributed by atoms with van der Waals surface area (Å²) in [6.45, 7) is 5.06. The molecule has 3 fully saturated rings. The average Bonchev–Trinajstić information content (AvgIpc) is 2.83. The van der Waals surface area contributed by atoms with Gasteiger partial charge in [-0.15, -0.1) is 0 Å². The van der Waals surface area contributed by atoms with E-state index in [0.29, 0.717) is 10.8 Å². The van der Waals surface area contributed by atoms with Crippen molar-refractivity contribution in [2.24, 2.45) is 45.4 Å². The Balaban J connectivity index is 1.67. The van der Waals surface area contributed by atoms with Crippen molar-refractivity contribution < 1.29 is 0 Å². The summed E-state index contributed by atoms with van der Waals surface area (Å²) in [6, 6.07) is 0. The van der Waals surface area contributed by atoms with Crippen molar-refractivity contribution in [3.63, 3.8) is 0 Å². The highest BCUT2D eigenvalue weighted by Crippen LogP contribution is 2.64. The Kier molecular flexibility index (Phi) is 3.03. The Morgan fingerprint density at radius 3 is 2.76 bits per heavy atom. The zero-order chi connectivity index (χ0) is 14.7. The van der Waals surface area contributed by atoms with Crippen LogP contribution in [0.3, 0.4) is 0 Å². The van der Waals surface area contributed by atoms with Crippen LogP contribution in [0.4, 0.5) is 0 Å². The summed E-state index contributed by atoms with van der Waals surface area (Å²) in [6.07, 6.45) is 15.7. The molecule has 4 aliphatic rings. The predicted molar refractivity (Wildman–Crippen MR) is 87.9 cm³/mol. The topological polar surface area (TPSA) is 38.4 Å². The highest BCUT2D eigenvalue weighted by molar-refractivity contribution is 5.92. The average molecular weight is 286 g/mol. The van der Waals surface area contributed by atoms with Crippen LogP contribution < -0.4 is 5.84 Å². The third-order valence-electron chi connectivity index (χ3n) is 8.11. The Hall–Kier alpha value is -0.790. The highest BCUT2D eigenvalue weighted by Gasteiger charge is 2.58. The van der Waals surface area contributed by atoms with Gasteiger partial charge in [0.2, 0.25) is 0 Å². The smallest absolute Gasteiger partial charge is 0.0437 e. The van der Waals surface area contributed by atoms with Gasteiger partial charge in [-0.25, -0.2) is 0 Å². The maximum atomic E-state index is 5.71. The molecule has 0 heterocycles. The SMILES string of the molecule is C[C@]12CC=CCC1CC[C@@H]1[C@H]2CC[C@]2(C)C(=NN)CC[C@@H]12. The molecule has 1 unspecified atom stereocenters. The second kappa shape index (κ2) is 4.60. The zero-order valence-electron chi connectivity index (χ0n) is 13.6. The zero-order valence-corrected chi connectivity index (χ0v) is 13.6. The van der Waals surface area contributed by atoms with Crippen molar-refractivity contribution in [2.45, 2.75) is 65.2 Å². The van der Waals surface area contributed by atoms with Crippen molar-refractivity contribution in [3.05, 3.63) is 12.2 Å². The van der Waals surface area contributed by atoms with E-state index in [2.05, 4.69) is 31.1 Å². The van der Waals surface area contributed by atoms with Gasteiger partial charge < -0.3 is 5.84 Å². The summed E-state index contributed by atoms with van der Waals surface area (Å²) in [5, 5.41) is 4.19. The molecule has 4 aliphatic carbocycles. The van der Waals surface area contributed by atoms with Crippen LogP contribution in [0.25, 0.3) is 0 Å². The summed E-state index contributed by atoms with van der Waals surface area (Å²) in [5.74, 6) is 9.36. The molecular formula is C19H30N2. The maximum Gasteiger partial charge on any atom is 0.0437 e. The molecule has 0 spiro atoms. The van der Waals surface area contributed by atoms with Crippen LogP contribution in [-0.2, 0) is 0 Å². The van der Waals surface area contributed by atoms with Gasteiger partial charge in [-0.2, -0.15) is 5.10 Å². The monoisotopic (exact) mass is 286 g/mol. The quantitative estimate of drug-likeness (QED) is 0.397. The lowest BCUT2D eigenvalue weighted by molar-refractivity contribution is -0.0761. The van der Waals surface area contributed by atoms with Crippen LogP contribution in [0.15, 0.2) is 17.3 Å². The molecule has 0 saturated heterocycles. The second-order valence-electron chi connectivity index (χ2n) is 8.64. The van der Waals surface area contributed by atoms with Gasteiger partial charge in [0.1, 0.15) is 0 Å². The second-order valence-corrected chi connectivity index (χ2v) is 8.64. The summed E-state index contributed by atoms with van der Waals surface area (Å²) in [7, 11) is 0. The van der Waals surface area contributed by atoms with E-state index in [-0.39, 0.29) is 0 Å². The Morgan fingerprint density at radius 2 is 1.95 bits per heavy atom. The lowest BCUT2D eigenvalue weighted by Gasteiger charge is -2.59. The van der Waals surface area contributed by atoms with E-state index < -0.39 is 0 Å². The van der Waals surface area contributed by atoms with E-state index in [1.54, 1.807) is 0 Å². The number of fused-ring (bicyclic) bond motifs is 5. The Labute approximate surface area is 129 Å². The number of hydrazone groups is 1. The van der Waals surface area contributed by atoms with Crippen molar-refractivity contribution in [1.29, 1.82) is 0 Å². The van der Waals surface area contributed by atoms with Gasteiger partial charge in [0, 0.05) is 11.1 Å². The number of rotatable bonds is 0. The van der Waals surface area contributed by atoms with Crippen LogP contribution in [0.5, 0.6) is 0 Å². The number of nitrogens with zero attached hydrogens (tertiary/aromatic N) is 1. The molecule has 0 bridgehead atoms. The fourth-order valence-corrected chi connectivity index (χ4v) is 6.84. The predicted octanol–water partition coefficient (Wildman–Crippen LogP) is 4.51. The number of nitrogens with two attached hydrogens (primary N) is 1. The lowest BCUT2D eigenvalue weighted by Crippen LogP contribution is -2.52. The molecule has 6 atom stereocenters. The van der Waals surface area contributed by atoms with Crippen molar-refractivity contribution >= 4 is 5.71 Å². The number of allylic oxidation sites excluding steroid dienone is 2. The van der Waals surface area contributed by atoms with Crippen LogP contribution in [0.1, 0.15) is 65.2 Å². The van der Waals surface area contributed by atoms with Crippen molar-refractivity contribution in [1.82, 2.24) is 0 Å². The first-order chi connectivity index (χ1) is 10.1. The molecule has 0 aliphatic heterocycles. The van der Waals surface area contributed by atoms with Gasteiger partial charge in [-0.1, -0.05) is 26.0 Å². The van der Waals surface area contributed by atoms with Crippen LogP contribution in [0, 0.1) is 34.5 Å². The molecule has 0 aromatic carbocycles. The van der Waals surface area contributed by atoms with Gasteiger partial charge in [0.25, 0.3) is 0 Å². The fourth-order valence-electron chi connectivity index (χ4n) is 6.84. The number of hydrogen-bond acceptors (Lipinski definition) is 2. The molecule has 4 rings (SSSR count). The summed E-state index contributed by atoms with van der Waals surface area (Å²) >= 11 is 0. The van der Waals surface area contributed by atoms with Crippen molar-refractivity contribution in [2.75, 3.05) is 0 Å². The fraction of sp³-hybridized carbons (Fsp3) is 0.842. The minimum absolute atomic E-state index is 0.323. The maximum absolute atomic E-state index is 5.71. The molecule has 0 amide bonds. The minimum Gasteiger partial charge on any atom is -0.323 e. The molecule has 0 aromatic rings. The van der Waals surface area contributed by atoms with Gasteiger partial charge >= 0.3 is 0 Å². The molecule has 2 nitrogen and oxygen atoms in total. The van der Waals surface area contributed by atoms with Crippen LogP contribution in [0.2, 0.25) is 0 Å². The largest absolute Gasteiger partial charge is 0.323 e. The summed E-state index contributed by atoms with van der Waals surface area (Å²) < 4.78 is 0. The molecule has 3 saturated carbocycles. The molecule has 0 aromatic heterocycles. The lowest BCUT2D eigenvalue weighted by atomic mass is 9.46. The molecule has 116 valence electrons. The minimum atomic E-state index is 0.323. The van der Waals surface area contributed by atoms with Gasteiger partial charge in [-0.3, -0.25) is 0 Å². The number of hydrogen-bond donors (Lipinski definition) is 1. The normalized spacial score (nSPS) is 54.1. The van der Waals surface area contributed by atoms with E-state index in [9.17, 15) is 0 Å². The molecule has 0 radical (unpaired) electrons. The van der Waals surface area contributed by atoms with Gasteiger partial charge in [0.05, 0.1) is 0 Å². The van der Waals surface area contributed by atoms with E-state index in [1.807, 2.05) is 0 Å². The first-order valence-electron chi connectivity index (χ1n) is 9.02. The first-order valence-corrected chi connectivity index (χ1v) is 9.02. The van der Waals surface area contributed by atoms with Gasteiger partial charge in [-0.05, 0) is 80.5 Å². The van der Waals surface area contributed by atoms with E-state index in [1.165, 1.54) is 50.7 Å².